The summed E-state index contributed by atoms with van der Waals surface area (Å²) in [5, 5.41) is 28.5. The van der Waals surface area contributed by atoms with E-state index in [1.807, 2.05) is 28.0 Å². The smallest absolute Gasteiger partial charge is 0.405 e. The van der Waals surface area contributed by atoms with Crippen LogP contribution in [0.4, 0.5) is 48.7 Å². The maximum atomic E-state index is 15.6. The van der Waals surface area contributed by atoms with Crippen LogP contribution in [0.1, 0.15) is 45.4 Å². The molecule has 0 saturated heterocycles. The lowest BCUT2D eigenvalue weighted by Gasteiger charge is -2.37. The van der Waals surface area contributed by atoms with Crippen LogP contribution in [-0.4, -0.2) is 86.0 Å². The molecule has 3 rings (SSSR count). The Labute approximate surface area is 332 Å². The van der Waals surface area contributed by atoms with Crippen molar-refractivity contribution in [1.29, 1.82) is 0 Å². The van der Waals surface area contributed by atoms with Gasteiger partial charge in [-0.3, -0.25) is 15.0 Å². The van der Waals surface area contributed by atoms with Gasteiger partial charge in [0.05, 0.1) is 34.7 Å². The number of carboxylic acid groups (broad SMARTS) is 1. The summed E-state index contributed by atoms with van der Waals surface area (Å²) in [7, 11) is 0. The first-order valence-electron chi connectivity index (χ1n) is 16.5. The average molecular weight is 942 g/mol. The van der Waals surface area contributed by atoms with Crippen LogP contribution in [0.3, 0.4) is 0 Å². The number of hydrazine groups is 1. The number of carbonyl (C=O) groups excluding carboxylic acids is 2. The van der Waals surface area contributed by atoms with Crippen molar-refractivity contribution in [2.24, 2.45) is 16.6 Å². The van der Waals surface area contributed by atoms with Gasteiger partial charge in [0, 0.05) is 34.0 Å². The Kier molecular flexibility index (Phi) is 15.0. The molecule has 0 aliphatic rings. The van der Waals surface area contributed by atoms with E-state index in [4.69, 9.17) is 5.73 Å². The maximum Gasteiger partial charge on any atom is 0.405 e. The summed E-state index contributed by atoms with van der Waals surface area (Å²) in [6, 6.07) is 2.17. The zero-order valence-corrected chi connectivity index (χ0v) is 32.5. The molecule has 2 aromatic carbocycles. The first-order chi connectivity index (χ1) is 26.1. The molecule has 1 aromatic heterocycles. The normalized spacial score (nSPS) is 14.9. The van der Waals surface area contributed by atoms with Gasteiger partial charge in [0.15, 0.2) is 0 Å². The molecular formula is C34H38F10IN7O5. The van der Waals surface area contributed by atoms with Gasteiger partial charge in [-0.05, 0) is 92.6 Å². The highest BCUT2D eigenvalue weighted by atomic mass is 127. The Morgan fingerprint density at radius 3 is 1.91 bits per heavy atom. The lowest BCUT2D eigenvalue weighted by atomic mass is 9.83. The second-order valence-electron chi connectivity index (χ2n) is 14.0. The Balaban J connectivity index is 2.09. The molecule has 0 fully saturated rings. The van der Waals surface area contributed by atoms with Crippen molar-refractivity contribution in [2.75, 3.05) is 6.54 Å². The van der Waals surface area contributed by atoms with E-state index in [9.17, 15) is 59.7 Å². The van der Waals surface area contributed by atoms with Crippen LogP contribution < -0.4 is 21.8 Å². The van der Waals surface area contributed by atoms with Gasteiger partial charge in [-0.2, -0.15) is 40.2 Å². The summed E-state index contributed by atoms with van der Waals surface area (Å²) in [5.74, 6) is -5.92. The number of nitrogens with zero attached hydrogens (tertiary/aromatic N) is 3. The standard InChI is InChI=1S/C34H38F10IN7O5/c1-31(2,33(39,40)41)25(46)27(54)47-23(11-16-5-7-18(45)8-6-16)24(53)15-51(50-28(55)26(48-30(56)57)32(3,4)34(42,43)44)14-19-20(35)12-17(13-21(19)36)22-9-10-52(49-22)29(37)38/h5-10,12-13,23-26,29,48,53H,11,14-15,46H2,1-4H3,(H,47,54)(H,50,55)(H,56,57)/t23-,24-,25?,26?/m0/s1. The average Bonchev–Trinajstić information content (AvgIpc) is 3.59. The van der Waals surface area contributed by atoms with Crippen molar-refractivity contribution in [2.45, 2.75) is 83.8 Å². The third-order valence-electron chi connectivity index (χ3n) is 9.20. The molecule has 0 saturated carbocycles. The third-order valence-corrected chi connectivity index (χ3v) is 9.92. The highest BCUT2D eigenvalue weighted by molar-refractivity contribution is 14.1. The Hall–Kier alpha value is -4.23. The van der Waals surface area contributed by atoms with Crippen LogP contribution in [0.5, 0.6) is 0 Å². The van der Waals surface area contributed by atoms with Crippen LogP contribution in [0, 0.1) is 26.0 Å². The van der Waals surface area contributed by atoms with Gasteiger partial charge in [0.2, 0.25) is 5.91 Å². The fourth-order valence-electron chi connectivity index (χ4n) is 5.21. The van der Waals surface area contributed by atoms with Gasteiger partial charge in [-0.1, -0.05) is 12.1 Å². The third kappa shape index (κ3) is 11.7. The summed E-state index contributed by atoms with van der Waals surface area (Å²) in [4.78, 5) is 38.2. The number of aromatic nitrogens is 2. The van der Waals surface area contributed by atoms with Crippen molar-refractivity contribution in [3.8, 4) is 11.3 Å². The predicted molar refractivity (Wildman–Crippen MR) is 191 cm³/mol. The Morgan fingerprint density at radius 1 is 0.895 bits per heavy atom. The number of rotatable bonds is 16. The van der Waals surface area contributed by atoms with Crippen molar-refractivity contribution >= 4 is 40.5 Å². The first kappa shape index (κ1) is 47.1. The number of halogens is 11. The number of carbonyl (C=O) groups is 3. The zero-order chi connectivity index (χ0) is 43.4. The Morgan fingerprint density at radius 2 is 1.44 bits per heavy atom. The molecule has 57 heavy (non-hydrogen) atoms. The van der Waals surface area contributed by atoms with E-state index in [-0.39, 0.29) is 22.4 Å². The molecule has 1 heterocycles. The molecule has 4 atom stereocenters. The van der Waals surface area contributed by atoms with Gasteiger partial charge in [0.1, 0.15) is 17.7 Å². The molecule has 23 heteroatoms. The molecule has 3 aromatic rings. The van der Waals surface area contributed by atoms with Gasteiger partial charge in [0.25, 0.3) is 5.91 Å². The van der Waals surface area contributed by atoms with Crippen LogP contribution in [0.15, 0.2) is 48.7 Å². The van der Waals surface area contributed by atoms with E-state index in [1.165, 1.54) is 17.4 Å². The van der Waals surface area contributed by atoms with Crippen LogP contribution >= 0.6 is 22.6 Å². The molecule has 0 bridgehead atoms. The van der Waals surface area contributed by atoms with E-state index < -0.39 is 102 Å². The van der Waals surface area contributed by atoms with Crippen molar-refractivity contribution in [3.05, 3.63) is 75.0 Å². The first-order valence-corrected chi connectivity index (χ1v) is 17.6. The molecule has 2 unspecified atom stereocenters. The van der Waals surface area contributed by atoms with E-state index in [1.54, 1.807) is 12.1 Å². The number of aliphatic hydroxyl groups excluding tert-OH is 1. The molecule has 12 nitrogen and oxygen atoms in total. The van der Waals surface area contributed by atoms with E-state index in [0.717, 1.165) is 15.8 Å². The molecule has 0 aliphatic carbocycles. The molecule has 0 spiro atoms. The zero-order valence-electron chi connectivity index (χ0n) is 30.3. The minimum atomic E-state index is -5.22. The number of nitrogens with two attached hydrogens (primary N) is 1. The number of aliphatic hydroxyl groups is 1. The van der Waals surface area contributed by atoms with Gasteiger partial charge >= 0.3 is 25.0 Å². The van der Waals surface area contributed by atoms with E-state index in [0.29, 0.717) is 50.4 Å². The van der Waals surface area contributed by atoms with Crippen molar-refractivity contribution < 1.29 is 68.5 Å². The minimum absolute atomic E-state index is 0.199. The summed E-state index contributed by atoms with van der Waals surface area (Å²) in [6.07, 6.45) is -13.8. The van der Waals surface area contributed by atoms with Crippen molar-refractivity contribution in [1.82, 2.24) is 30.8 Å². The summed E-state index contributed by atoms with van der Waals surface area (Å²) >= 11 is 1.97. The topological polar surface area (TPSA) is 175 Å². The number of benzene rings is 2. The quantitative estimate of drug-likeness (QED) is 0.0586. The van der Waals surface area contributed by atoms with Gasteiger partial charge in [-0.25, -0.2) is 23.3 Å². The lowest BCUT2D eigenvalue weighted by Crippen LogP contribution is -2.63. The summed E-state index contributed by atoms with van der Waals surface area (Å²) in [6.45, 7) is -2.96. The summed E-state index contributed by atoms with van der Waals surface area (Å²) < 4.78 is 142. The second kappa shape index (κ2) is 18.1. The fourth-order valence-corrected chi connectivity index (χ4v) is 5.57. The highest BCUT2D eigenvalue weighted by Gasteiger charge is 2.56. The number of hydrogen-bond donors (Lipinski definition) is 6. The maximum absolute atomic E-state index is 15.6. The number of nitrogens with one attached hydrogen (secondary N) is 3. The largest absolute Gasteiger partial charge is 0.465 e. The number of amides is 3. The monoisotopic (exact) mass is 941 g/mol. The molecule has 7 N–H and O–H groups in total. The molecule has 316 valence electrons. The predicted octanol–water partition coefficient (Wildman–Crippen LogP) is 5.89. The van der Waals surface area contributed by atoms with E-state index in [2.05, 4.69) is 10.4 Å². The second-order valence-corrected chi connectivity index (χ2v) is 15.3. The van der Waals surface area contributed by atoms with E-state index >= 15 is 8.78 Å². The minimum Gasteiger partial charge on any atom is -0.465 e. The van der Waals surface area contributed by atoms with Crippen molar-refractivity contribution in [3.63, 3.8) is 0 Å². The lowest BCUT2D eigenvalue weighted by molar-refractivity contribution is -0.221. The highest BCUT2D eigenvalue weighted by Crippen LogP contribution is 2.41. The van der Waals surface area contributed by atoms with Crippen LogP contribution in [0.2, 0.25) is 0 Å². The molecule has 0 radical (unpaired) electrons. The molecule has 3 amide bonds. The Bertz CT molecular complexity index is 1870. The fraction of sp³-hybridized carbons (Fsp3) is 0.471. The SMILES string of the molecule is CC(C)(C(N)C(=O)N[C@@H](Cc1ccc(I)cc1)[C@@H](O)CN(Cc1c(F)cc(-c2ccn(C(F)F)n2)cc1F)NC(=O)C(NC(=O)O)C(C)(C)C(F)(F)F)C(F)(F)F. The van der Waals surface area contributed by atoms with Crippen LogP contribution in [-0.2, 0) is 22.6 Å². The van der Waals surface area contributed by atoms with Gasteiger partial charge in [-0.15, -0.1) is 0 Å². The van der Waals surface area contributed by atoms with Crippen LogP contribution in [0.25, 0.3) is 11.3 Å². The molecule has 0 aliphatic heterocycles. The molecular weight excluding hydrogens is 903 g/mol. The number of alkyl halides is 8. The number of hydrogen-bond acceptors (Lipinski definition) is 7. The van der Waals surface area contributed by atoms with Gasteiger partial charge < -0.3 is 26.6 Å². The summed E-state index contributed by atoms with van der Waals surface area (Å²) in [5.41, 5.74) is 0.567.